The van der Waals surface area contributed by atoms with Crippen LogP contribution in [0.3, 0.4) is 0 Å². The highest BCUT2D eigenvalue weighted by molar-refractivity contribution is 7.19. The van der Waals surface area contributed by atoms with Crippen molar-refractivity contribution in [3.63, 3.8) is 0 Å². The average Bonchev–Trinajstić information content (AvgIpc) is 4.03. The minimum Gasteiger partial charge on any atom is -0.456 e. The summed E-state index contributed by atoms with van der Waals surface area (Å²) in [5.74, 6) is 0. The first kappa shape index (κ1) is 36.5. The molecule has 0 fully saturated rings. The number of hydrogen-bond acceptors (Lipinski definition) is 1. The zero-order valence-electron chi connectivity index (χ0n) is 34.9. The lowest BCUT2D eigenvalue weighted by molar-refractivity contribution is 0.669. The Hall–Kier alpha value is -8.18. The van der Waals surface area contributed by atoms with E-state index in [-0.39, 0.29) is 0 Å². The molecular formula is C60H40N2OSi. The SMILES string of the molecule is c1ccc([Si](c2ccccc2)(c2ccccc2)c2ccc(-n3c4ccccc4c4cccc(-n5c6ccccc6c6cc(-c7ccc8oc9ccccc9c8c7)ccc65)c43)cc2)cc1. The first-order chi connectivity index (χ1) is 31.8. The summed E-state index contributed by atoms with van der Waals surface area (Å²) in [6, 6.07) is 89.3. The summed E-state index contributed by atoms with van der Waals surface area (Å²) in [7, 11) is -2.70. The third-order valence-corrected chi connectivity index (χ3v) is 18.3. The van der Waals surface area contributed by atoms with Crippen LogP contribution in [0.25, 0.3) is 88.1 Å². The summed E-state index contributed by atoms with van der Waals surface area (Å²) in [4.78, 5) is 0. The van der Waals surface area contributed by atoms with E-state index in [1.54, 1.807) is 0 Å². The standard InChI is InChI=1S/C60H40N2OSi/c1-4-17-44(18-5-1)64(45-19-6-2-7-20-45,46-21-8-3-9-22-46)47-35-33-43(34-36-47)61-54-27-13-10-23-48(54)51-26-16-29-57(60(51)61)62-55-28-14-11-24-49(55)52-39-41(31-37-56(52)62)42-32-38-59-53(40-42)50-25-12-15-30-58(50)63-59/h1-40H. The summed E-state index contributed by atoms with van der Waals surface area (Å²) < 4.78 is 11.2. The predicted octanol–water partition coefficient (Wildman–Crippen LogP) is 12.8. The molecule has 10 aromatic carbocycles. The number of para-hydroxylation sites is 4. The van der Waals surface area contributed by atoms with Crippen LogP contribution in [0.4, 0.5) is 0 Å². The van der Waals surface area contributed by atoms with Gasteiger partial charge in [0.25, 0.3) is 0 Å². The molecule has 4 heteroatoms. The average molecular weight is 833 g/mol. The lowest BCUT2D eigenvalue weighted by Crippen LogP contribution is -2.74. The largest absolute Gasteiger partial charge is 0.456 e. The first-order valence-electron chi connectivity index (χ1n) is 22.0. The third-order valence-electron chi connectivity index (χ3n) is 13.5. The fourth-order valence-electron chi connectivity index (χ4n) is 10.7. The number of hydrogen-bond donors (Lipinski definition) is 0. The molecule has 64 heavy (non-hydrogen) atoms. The Morgan fingerprint density at radius 3 is 1.42 bits per heavy atom. The molecule has 3 nitrogen and oxygen atoms in total. The number of fused-ring (bicyclic) bond motifs is 9. The Labute approximate surface area is 371 Å². The van der Waals surface area contributed by atoms with Crippen LogP contribution in [-0.4, -0.2) is 17.2 Å². The molecule has 0 aliphatic rings. The van der Waals surface area contributed by atoms with Crippen LogP contribution in [0.1, 0.15) is 0 Å². The lowest BCUT2D eigenvalue weighted by atomic mass is 10.0. The van der Waals surface area contributed by atoms with Crippen LogP contribution in [0, 0.1) is 0 Å². The van der Waals surface area contributed by atoms with Gasteiger partial charge in [0.2, 0.25) is 0 Å². The minimum absolute atomic E-state index is 0.908. The van der Waals surface area contributed by atoms with Gasteiger partial charge in [0, 0.05) is 38.0 Å². The van der Waals surface area contributed by atoms with E-state index in [0.717, 1.165) is 33.3 Å². The van der Waals surface area contributed by atoms with E-state index in [9.17, 15) is 0 Å². The fraction of sp³-hybridized carbons (Fsp3) is 0. The van der Waals surface area contributed by atoms with Crippen molar-refractivity contribution in [2.24, 2.45) is 0 Å². The molecule has 13 aromatic rings. The van der Waals surface area contributed by atoms with Gasteiger partial charge in [-0.2, -0.15) is 0 Å². The smallest absolute Gasteiger partial charge is 0.179 e. The predicted molar refractivity (Wildman–Crippen MR) is 271 cm³/mol. The van der Waals surface area contributed by atoms with E-state index in [1.165, 1.54) is 75.5 Å². The topological polar surface area (TPSA) is 23.0 Å². The van der Waals surface area contributed by atoms with E-state index >= 15 is 0 Å². The van der Waals surface area contributed by atoms with Gasteiger partial charge in [-0.1, -0.05) is 182 Å². The number of furan rings is 1. The molecule has 13 rings (SSSR count). The number of nitrogens with zero attached hydrogens (tertiary/aromatic N) is 2. The molecule has 300 valence electrons. The van der Waals surface area contributed by atoms with Crippen molar-refractivity contribution in [1.29, 1.82) is 0 Å². The van der Waals surface area contributed by atoms with Gasteiger partial charge in [0.05, 0.1) is 27.8 Å². The highest BCUT2D eigenvalue weighted by Crippen LogP contribution is 2.41. The molecule has 0 amide bonds. The minimum atomic E-state index is -2.70. The molecule has 0 aliphatic heterocycles. The highest BCUT2D eigenvalue weighted by Gasteiger charge is 2.41. The van der Waals surface area contributed by atoms with Gasteiger partial charge in [-0.15, -0.1) is 0 Å². The summed E-state index contributed by atoms with van der Waals surface area (Å²) >= 11 is 0. The maximum atomic E-state index is 6.19. The molecule has 0 aliphatic carbocycles. The Balaban J connectivity index is 1.02. The molecule has 0 saturated heterocycles. The number of rotatable bonds is 7. The monoisotopic (exact) mass is 832 g/mol. The molecule has 3 aromatic heterocycles. The molecule has 0 atom stereocenters. The second kappa shape index (κ2) is 14.5. The van der Waals surface area contributed by atoms with Crippen LogP contribution in [0.15, 0.2) is 247 Å². The fourth-order valence-corrected chi connectivity index (χ4v) is 15.4. The quantitative estimate of drug-likeness (QED) is 0.116. The van der Waals surface area contributed by atoms with Crippen molar-refractivity contribution in [3.05, 3.63) is 243 Å². The van der Waals surface area contributed by atoms with Crippen LogP contribution in [0.2, 0.25) is 0 Å². The van der Waals surface area contributed by atoms with Gasteiger partial charge in [-0.3, -0.25) is 0 Å². The number of benzene rings is 10. The van der Waals surface area contributed by atoms with Crippen molar-refractivity contribution < 1.29 is 4.42 Å². The molecule has 0 unspecified atom stereocenters. The molecule has 0 spiro atoms. The normalized spacial score (nSPS) is 12.1. The second-order valence-electron chi connectivity index (χ2n) is 16.8. The van der Waals surface area contributed by atoms with Crippen LogP contribution >= 0.6 is 0 Å². The third kappa shape index (κ3) is 5.39. The van der Waals surface area contributed by atoms with Gasteiger partial charge in [0.1, 0.15) is 11.2 Å². The molecule has 0 saturated carbocycles. The summed E-state index contributed by atoms with van der Waals surface area (Å²) in [5, 5.41) is 12.6. The second-order valence-corrected chi connectivity index (χ2v) is 20.6. The zero-order valence-corrected chi connectivity index (χ0v) is 35.9. The van der Waals surface area contributed by atoms with Crippen molar-refractivity contribution in [1.82, 2.24) is 9.13 Å². The Morgan fingerprint density at radius 1 is 0.297 bits per heavy atom. The van der Waals surface area contributed by atoms with E-state index in [4.69, 9.17) is 4.42 Å². The van der Waals surface area contributed by atoms with Crippen LogP contribution < -0.4 is 20.7 Å². The highest BCUT2D eigenvalue weighted by atomic mass is 28.3. The van der Waals surface area contributed by atoms with E-state index in [2.05, 4.69) is 240 Å². The van der Waals surface area contributed by atoms with Crippen molar-refractivity contribution in [2.75, 3.05) is 0 Å². The van der Waals surface area contributed by atoms with Crippen LogP contribution in [0.5, 0.6) is 0 Å². The molecule has 0 bridgehead atoms. The maximum absolute atomic E-state index is 6.19. The lowest BCUT2D eigenvalue weighted by Gasteiger charge is -2.34. The Kier molecular flexibility index (Phi) is 8.23. The number of aromatic nitrogens is 2. The van der Waals surface area contributed by atoms with Gasteiger partial charge in [-0.25, -0.2) is 0 Å². The first-order valence-corrected chi connectivity index (χ1v) is 24.0. The van der Waals surface area contributed by atoms with E-state index in [0.29, 0.717) is 0 Å². The molecule has 3 heterocycles. The molecular weight excluding hydrogens is 793 g/mol. The Morgan fingerprint density at radius 2 is 0.766 bits per heavy atom. The zero-order chi connectivity index (χ0) is 42.2. The van der Waals surface area contributed by atoms with Crippen molar-refractivity contribution in [2.45, 2.75) is 0 Å². The van der Waals surface area contributed by atoms with Gasteiger partial charge >= 0.3 is 0 Å². The molecule has 0 radical (unpaired) electrons. The molecule has 0 N–H and O–H groups in total. The van der Waals surface area contributed by atoms with Crippen molar-refractivity contribution >= 4 is 94.4 Å². The van der Waals surface area contributed by atoms with Crippen LogP contribution in [-0.2, 0) is 0 Å². The van der Waals surface area contributed by atoms with E-state index < -0.39 is 8.07 Å². The van der Waals surface area contributed by atoms with Gasteiger partial charge in [0.15, 0.2) is 8.07 Å². The van der Waals surface area contributed by atoms with Crippen molar-refractivity contribution in [3.8, 4) is 22.5 Å². The van der Waals surface area contributed by atoms with Gasteiger partial charge in [-0.05, 0) is 92.5 Å². The van der Waals surface area contributed by atoms with E-state index in [1.807, 2.05) is 12.1 Å². The summed E-state index contributed by atoms with van der Waals surface area (Å²) in [6.07, 6.45) is 0. The summed E-state index contributed by atoms with van der Waals surface area (Å²) in [6.45, 7) is 0. The van der Waals surface area contributed by atoms with Gasteiger partial charge < -0.3 is 13.6 Å². The maximum Gasteiger partial charge on any atom is 0.179 e. The Bertz CT molecular complexity index is 3790. The summed E-state index contributed by atoms with van der Waals surface area (Å²) in [5.41, 5.74) is 11.1.